The Kier molecular flexibility index (Phi) is 5.97. The van der Waals surface area contributed by atoms with Gasteiger partial charge in [-0.3, -0.25) is 9.59 Å². The van der Waals surface area contributed by atoms with E-state index in [2.05, 4.69) is 30.4 Å². The Morgan fingerprint density at radius 3 is 2.65 bits per heavy atom. The number of hydrogen-bond donors (Lipinski definition) is 1. The van der Waals surface area contributed by atoms with Crippen molar-refractivity contribution in [3.63, 3.8) is 0 Å². The Bertz CT molecular complexity index is 597. The molecule has 0 fully saturated rings. The molecule has 1 atom stereocenters. The zero-order valence-electron chi connectivity index (χ0n) is 14.0. The molecule has 1 aromatic rings. The first-order valence-electron chi connectivity index (χ1n) is 8.05. The lowest BCUT2D eigenvalue weighted by Crippen LogP contribution is -2.27. The summed E-state index contributed by atoms with van der Waals surface area (Å²) in [5.41, 5.74) is 6.87. The fraction of sp³-hybridized carbons (Fsp3) is 0.688. The van der Waals surface area contributed by atoms with Crippen molar-refractivity contribution in [2.75, 3.05) is 13.6 Å². The van der Waals surface area contributed by atoms with Crippen LogP contribution in [0.2, 0.25) is 0 Å². The SMILES string of the molecule is CC(C)C[C@H](CC(=O)c1nc(Br)n2c1CN(C)CCC2)C(N)=O. The average molecular weight is 385 g/mol. The second-order valence-corrected chi connectivity index (χ2v) is 7.48. The van der Waals surface area contributed by atoms with Crippen LogP contribution in [0.1, 0.15) is 49.3 Å². The van der Waals surface area contributed by atoms with Gasteiger partial charge in [0, 0.05) is 25.4 Å². The number of nitrogens with zero attached hydrogens (tertiary/aromatic N) is 3. The fourth-order valence-corrected chi connectivity index (χ4v) is 3.66. The van der Waals surface area contributed by atoms with E-state index in [4.69, 9.17) is 5.73 Å². The van der Waals surface area contributed by atoms with Gasteiger partial charge in [0.15, 0.2) is 10.5 Å². The first-order chi connectivity index (χ1) is 10.8. The molecular weight excluding hydrogens is 360 g/mol. The van der Waals surface area contributed by atoms with Crippen LogP contribution in [-0.4, -0.2) is 39.7 Å². The lowest BCUT2D eigenvalue weighted by molar-refractivity contribution is -0.122. The number of imidazole rings is 1. The number of halogens is 1. The lowest BCUT2D eigenvalue weighted by Gasteiger charge is -2.16. The van der Waals surface area contributed by atoms with Crippen molar-refractivity contribution < 1.29 is 9.59 Å². The Morgan fingerprint density at radius 2 is 2.04 bits per heavy atom. The molecule has 1 amide bonds. The first-order valence-corrected chi connectivity index (χ1v) is 8.84. The smallest absolute Gasteiger partial charge is 0.220 e. The summed E-state index contributed by atoms with van der Waals surface area (Å²) in [5, 5.41) is 0. The highest BCUT2D eigenvalue weighted by Crippen LogP contribution is 2.25. The van der Waals surface area contributed by atoms with E-state index in [0.717, 1.165) is 25.2 Å². The molecule has 1 aliphatic heterocycles. The highest BCUT2D eigenvalue weighted by Gasteiger charge is 2.28. The number of primary amides is 1. The highest BCUT2D eigenvalue weighted by atomic mass is 79.9. The van der Waals surface area contributed by atoms with E-state index in [1.165, 1.54) is 0 Å². The molecule has 1 aromatic heterocycles. The van der Waals surface area contributed by atoms with Gasteiger partial charge in [0.2, 0.25) is 5.91 Å². The number of ketones is 1. The van der Waals surface area contributed by atoms with Gasteiger partial charge in [0.25, 0.3) is 0 Å². The molecule has 128 valence electrons. The van der Waals surface area contributed by atoms with E-state index >= 15 is 0 Å². The molecule has 23 heavy (non-hydrogen) atoms. The molecule has 0 spiro atoms. The van der Waals surface area contributed by atoms with Gasteiger partial charge in [-0.15, -0.1) is 0 Å². The predicted octanol–water partition coefficient (Wildman–Crippen LogP) is 2.20. The maximum absolute atomic E-state index is 12.7. The van der Waals surface area contributed by atoms with Crippen LogP contribution in [-0.2, 0) is 17.9 Å². The molecule has 0 aliphatic carbocycles. The van der Waals surface area contributed by atoms with Gasteiger partial charge in [0.05, 0.1) is 5.69 Å². The lowest BCUT2D eigenvalue weighted by atomic mass is 9.91. The minimum Gasteiger partial charge on any atom is -0.369 e. The number of carbonyl (C=O) groups is 2. The van der Waals surface area contributed by atoms with E-state index in [0.29, 0.717) is 29.3 Å². The molecule has 0 aromatic carbocycles. The Hall–Kier alpha value is -1.21. The number of aromatic nitrogens is 2. The maximum Gasteiger partial charge on any atom is 0.220 e. The number of rotatable bonds is 6. The molecule has 2 heterocycles. The fourth-order valence-electron chi connectivity index (χ4n) is 3.09. The topological polar surface area (TPSA) is 81.2 Å². The number of carbonyl (C=O) groups excluding carboxylic acids is 2. The van der Waals surface area contributed by atoms with Crippen LogP contribution in [0.15, 0.2) is 4.73 Å². The molecule has 0 saturated heterocycles. The van der Waals surface area contributed by atoms with E-state index in [9.17, 15) is 9.59 Å². The van der Waals surface area contributed by atoms with Crippen molar-refractivity contribution in [1.82, 2.24) is 14.5 Å². The summed E-state index contributed by atoms with van der Waals surface area (Å²) in [5.74, 6) is -0.618. The number of nitrogens with two attached hydrogens (primary N) is 1. The quantitative estimate of drug-likeness (QED) is 0.762. The molecule has 0 radical (unpaired) electrons. The van der Waals surface area contributed by atoms with Crippen LogP contribution in [0.4, 0.5) is 0 Å². The van der Waals surface area contributed by atoms with E-state index in [-0.39, 0.29) is 12.2 Å². The number of hydrogen-bond acceptors (Lipinski definition) is 4. The highest BCUT2D eigenvalue weighted by molar-refractivity contribution is 9.10. The van der Waals surface area contributed by atoms with Crippen molar-refractivity contribution >= 4 is 27.6 Å². The van der Waals surface area contributed by atoms with Crippen LogP contribution in [0.5, 0.6) is 0 Å². The third kappa shape index (κ3) is 4.41. The normalized spacial score (nSPS) is 16.9. The van der Waals surface area contributed by atoms with Crippen molar-refractivity contribution in [2.24, 2.45) is 17.6 Å². The molecule has 7 heteroatoms. The van der Waals surface area contributed by atoms with Gasteiger partial charge in [-0.1, -0.05) is 13.8 Å². The van der Waals surface area contributed by atoms with Crippen LogP contribution in [0, 0.1) is 11.8 Å². The van der Waals surface area contributed by atoms with E-state index in [1.807, 2.05) is 20.9 Å². The summed E-state index contributed by atoms with van der Waals surface area (Å²) >= 11 is 3.45. The van der Waals surface area contributed by atoms with Gasteiger partial charge < -0.3 is 15.2 Å². The minimum absolute atomic E-state index is 0.0980. The monoisotopic (exact) mass is 384 g/mol. The summed E-state index contributed by atoms with van der Waals surface area (Å²) in [6.07, 6.45) is 1.77. The third-order valence-electron chi connectivity index (χ3n) is 4.22. The molecule has 2 rings (SSSR count). The van der Waals surface area contributed by atoms with E-state index in [1.54, 1.807) is 0 Å². The predicted molar refractivity (Wildman–Crippen MR) is 92.0 cm³/mol. The average Bonchev–Trinajstić information content (AvgIpc) is 2.64. The van der Waals surface area contributed by atoms with Crippen molar-refractivity contribution in [1.29, 1.82) is 0 Å². The molecule has 0 saturated carbocycles. The molecular formula is C16H25BrN4O2. The third-order valence-corrected chi connectivity index (χ3v) is 4.83. The maximum atomic E-state index is 12.7. The zero-order chi connectivity index (χ0) is 17.1. The summed E-state index contributed by atoms with van der Waals surface area (Å²) in [6, 6.07) is 0. The molecule has 6 nitrogen and oxygen atoms in total. The van der Waals surface area contributed by atoms with Crippen molar-refractivity contribution in [3.8, 4) is 0 Å². The largest absolute Gasteiger partial charge is 0.369 e. The minimum atomic E-state index is -0.429. The Morgan fingerprint density at radius 1 is 1.35 bits per heavy atom. The number of amides is 1. The van der Waals surface area contributed by atoms with Crippen LogP contribution in [0.3, 0.4) is 0 Å². The zero-order valence-corrected chi connectivity index (χ0v) is 15.6. The standard InChI is InChI=1S/C16H25BrN4O2/c1-10(2)7-11(15(18)23)8-13(22)14-12-9-20(3)5-4-6-21(12)16(17)19-14/h10-11H,4-9H2,1-3H3,(H2,18,23)/t11-/m1/s1. The van der Waals surface area contributed by atoms with E-state index < -0.39 is 11.8 Å². The summed E-state index contributed by atoms with van der Waals surface area (Å²) in [4.78, 5) is 30.9. The summed E-state index contributed by atoms with van der Waals surface area (Å²) < 4.78 is 2.74. The molecule has 1 aliphatic rings. The number of Topliss-reactive ketones (excluding diaryl/α,β-unsaturated/α-hetero) is 1. The van der Waals surface area contributed by atoms with Gasteiger partial charge >= 0.3 is 0 Å². The van der Waals surface area contributed by atoms with Gasteiger partial charge in [-0.2, -0.15) is 0 Å². The first kappa shape index (κ1) is 18.1. The van der Waals surface area contributed by atoms with Crippen LogP contribution < -0.4 is 5.73 Å². The van der Waals surface area contributed by atoms with Gasteiger partial charge in [0.1, 0.15) is 5.69 Å². The van der Waals surface area contributed by atoms with Crippen molar-refractivity contribution in [2.45, 2.75) is 46.2 Å². The van der Waals surface area contributed by atoms with Gasteiger partial charge in [-0.05, 0) is 48.3 Å². The summed E-state index contributed by atoms with van der Waals surface area (Å²) in [7, 11) is 2.04. The molecule has 0 unspecified atom stereocenters. The Labute approximate surface area is 145 Å². The van der Waals surface area contributed by atoms with Gasteiger partial charge in [-0.25, -0.2) is 4.98 Å². The number of fused-ring (bicyclic) bond motifs is 1. The van der Waals surface area contributed by atoms with Crippen LogP contribution in [0.25, 0.3) is 0 Å². The Balaban J connectivity index is 2.24. The van der Waals surface area contributed by atoms with Crippen molar-refractivity contribution in [3.05, 3.63) is 16.1 Å². The second-order valence-electron chi connectivity index (χ2n) is 6.78. The molecule has 0 bridgehead atoms. The molecule has 2 N–H and O–H groups in total. The summed E-state index contributed by atoms with van der Waals surface area (Å²) in [6.45, 7) is 6.55. The van der Waals surface area contributed by atoms with Crippen LogP contribution >= 0.6 is 15.9 Å². The second kappa shape index (κ2) is 7.57.